The number of tetrazole rings is 1. The maximum atomic E-state index is 13.6. The monoisotopic (exact) mass is 828 g/mol. The van der Waals surface area contributed by atoms with Gasteiger partial charge in [-0.2, -0.15) is 5.21 Å². The molecule has 0 saturated carbocycles. The minimum Gasteiger partial charge on any atom is -0.486 e. The van der Waals surface area contributed by atoms with Crippen molar-refractivity contribution >= 4 is 51.8 Å². The molecule has 0 bridgehead atoms. The normalized spacial score (nSPS) is 13.9. The number of hydrogen-bond donors (Lipinski definition) is 2. The van der Waals surface area contributed by atoms with Gasteiger partial charge < -0.3 is 18.6 Å². The van der Waals surface area contributed by atoms with Crippen LogP contribution in [0, 0.1) is 0 Å². The molecule has 1 unspecified atom stereocenters. The molecule has 1 aliphatic heterocycles. The van der Waals surface area contributed by atoms with E-state index in [4.69, 9.17) is 24.4 Å². The number of rotatable bonds is 16. The lowest BCUT2D eigenvalue weighted by molar-refractivity contribution is -0.118. The van der Waals surface area contributed by atoms with E-state index in [0.717, 1.165) is 62.4 Å². The predicted molar refractivity (Wildman–Crippen MR) is 224 cm³/mol. The Labute approximate surface area is 347 Å². The average molecular weight is 829 g/mol. The first kappa shape index (κ1) is 39.5. The number of pyridine rings is 1. The minimum atomic E-state index is -0.421. The molecule has 0 aliphatic carbocycles. The summed E-state index contributed by atoms with van der Waals surface area (Å²) in [4.78, 5) is 51.8. The van der Waals surface area contributed by atoms with E-state index in [1.807, 2.05) is 76.8 Å². The molecule has 4 aromatic heterocycles. The second kappa shape index (κ2) is 17.7. The largest absolute Gasteiger partial charge is 0.486 e. The molecule has 8 rings (SSSR count). The third kappa shape index (κ3) is 8.75. The number of thioether (sulfide) groups is 2. The lowest BCUT2D eigenvalue weighted by Crippen LogP contribution is -2.25. The smallest absolute Gasteiger partial charge is 0.356 e. The summed E-state index contributed by atoms with van der Waals surface area (Å²) in [5.74, 6) is 2.45. The molecule has 0 spiro atoms. The number of carbonyl (C=O) groups excluding carboxylic acids is 3. The van der Waals surface area contributed by atoms with Gasteiger partial charge in [0.15, 0.2) is 11.3 Å². The zero-order valence-electron chi connectivity index (χ0n) is 32.5. The quantitative estimate of drug-likeness (QED) is 0.0754. The number of ether oxygens (including phenoxy) is 2. The Kier molecular flexibility index (Phi) is 11.8. The number of nitrogens with zero attached hydrogens (tertiary/aromatic N) is 8. The van der Waals surface area contributed by atoms with Crippen molar-refractivity contribution in [2.75, 3.05) is 6.61 Å². The fraction of sp³-hybridized carbons (Fsp3) is 0.262. The van der Waals surface area contributed by atoms with Crippen molar-refractivity contribution in [3.8, 4) is 28.3 Å². The summed E-state index contributed by atoms with van der Waals surface area (Å²) in [5.41, 5.74) is 7.35. The number of imide groups is 1. The van der Waals surface area contributed by atoms with Crippen molar-refractivity contribution < 1.29 is 23.9 Å². The molecular formula is C42H40N10O5S2. The molecule has 3 aromatic carbocycles. The van der Waals surface area contributed by atoms with Gasteiger partial charge in [0.1, 0.15) is 29.5 Å². The summed E-state index contributed by atoms with van der Waals surface area (Å²) in [6.07, 6.45) is 2.01. The van der Waals surface area contributed by atoms with Crippen molar-refractivity contribution in [2.24, 2.45) is 7.05 Å². The summed E-state index contributed by atoms with van der Waals surface area (Å²) in [6, 6.07) is 27.5. The van der Waals surface area contributed by atoms with Crippen LogP contribution in [0.25, 0.3) is 33.7 Å². The number of carbonyl (C=O) groups is 3. The summed E-state index contributed by atoms with van der Waals surface area (Å²) >= 11 is 2.51. The van der Waals surface area contributed by atoms with Gasteiger partial charge in [-0.1, -0.05) is 91.1 Å². The van der Waals surface area contributed by atoms with E-state index in [-0.39, 0.29) is 24.4 Å². The zero-order chi connectivity index (χ0) is 40.9. The maximum Gasteiger partial charge on any atom is 0.356 e. The van der Waals surface area contributed by atoms with Gasteiger partial charge in [0, 0.05) is 31.3 Å². The van der Waals surface area contributed by atoms with E-state index in [2.05, 4.69) is 57.1 Å². The molecule has 0 radical (unpaired) electrons. The number of H-pyrrole nitrogens is 1. The summed E-state index contributed by atoms with van der Waals surface area (Å²) in [7, 11) is 1.90. The molecule has 1 fully saturated rings. The second-order valence-corrected chi connectivity index (χ2v) is 15.9. The number of esters is 1. The van der Waals surface area contributed by atoms with Crippen LogP contribution in [-0.4, -0.2) is 73.7 Å². The van der Waals surface area contributed by atoms with E-state index in [0.29, 0.717) is 59.6 Å². The van der Waals surface area contributed by atoms with E-state index < -0.39 is 11.2 Å². The Balaban J connectivity index is 0.971. The molecule has 5 heterocycles. The predicted octanol–water partition coefficient (Wildman–Crippen LogP) is 6.95. The molecular weight excluding hydrogens is 789 g/mol. The number of fused-ring (bicyclic) bond motifs is 1. The van der Waals surface area contributed by atoms with Crippen molar-refractivity contribution in [1.82, 2.24) is 50.0 Å². The highest BCUT2D eigenvalue weighted by Gasteiger charge is 2.31. The number of hydrogen-bond acceptors (Lipinski definition) is 13. The Hall–Kier alpha value is -6.33. The third-order valence-electron chi connectivity index (χ3n) is 9.80. The Morgan fingerprint density at radius 2 is 1.68 bits per heavy atom. The number of nitrogens with one attached hydrogen (secondary N) is 2. The lowest BCUT2D eigenvalue weighted by Gasteiger charge is -2.13. The molecule has 7 aromatic rings. The van der Waals surface area contributed by atoms with Gasteiger partial charge >= 0.3 is 5.97 Å². The Morgan fingerprint density at radius 3 is 2.39 bits per heavy atom. The molecule has 2 amide bonds. The van der Waals surface area contributed by atoms with Crippen LogP contribution in [-0.2, 0) is 48.3 Å². The van der Waals surface area contributed by atoms with Crippen LogP contribution in [0.15, 0.2) is 90.0 Å². The van der Waals surface area contributed by atoms with Crippen LogP contribution < -0.4 is 10.1 Å². The zero-order valence-corrected chi connectivity index (χ0v) is 34.2. The highest BCUT2D eigenvalue weighted by atomic mass is 32.2. The third-order valence-corrected chi connectivity index (χ3v) is 11.7. The molecule has 300 valence electrons. The second-order valence-electron chi connectivity index (χ2n) is 13.7. The molecule has 2 N–H and O–H groups in total. The minimum absolute atomic E-state index is 0.223. The number of aryl methyl sites for hydroxylation is 2. The van der Waals surface area contributed by atoms with Crippen LogP contribution in [0.5, 0.6) is 5.75 Å². The highest BCUT2D eigenvalue weighted by molar-refractivity contribution is 8.15. The molecule has 59 heavy (non-hydrogen) atoms. The summed E-state index contributed by atoms with van der Waals surface area (Å²) in [5, 5.41) is 16.9. The molecule has 15 nitrogen and oxygen atoms in total. The van der Waals surface area contributed by atoms with Crippen LogP contribution in [0.2, 0.25) is 0 Å². The van der Waals surface area contributed by atoms with Crippen LogP contribution in [0.3, 0.4) is 0 Å². The molecule has 1 aliphatic rings. The SMILES string of the molecule is CCCc1nc(CSc2ccc3nc(COc4ccc(CC5SC(=O)NC5=O)cc4)n(C)c3n2)c(C(=O)OCC)n1Cc1ccc(-c2ccccc2-c2nn[nH]n2)cc1. The lowest BCUT2D eigenvalue weighted by atomic mass is 9.98. The average Bonchev–Trinajstić information content (AvgIpc) is 4.04. The molecule has 17 heteroatoms. The van der Waals surface area contributed by atoms with Gasteiger partial charge in [0.05, 0.1) is 22.6 Å². The highest BCUT2D eigenvalue weighted by Crippen LogP contribution is 2.31. The number of amides is 2. The number of benzene rings is 3. The topological polar surface area (TPSA) is 185 Å². The summed E-state index contributed by atoms with van der Waals surface area (Å²) < 4.78 is 15.6. The fourth-order valence-electron chi connectivity index (χ4n) is 6.90. The summed E-state index contributed by atoms with van der Waals surface area (Å²) in [6.45, 7) is 4.81. The maximum absolute atomic E-state index is 13.6. The first-order valence-electron chi connectivity index (χ1n) is 19.1. The Morgan fingerprint density at radius 1 is 0.898 bits per heavy atom. The van der Waals surface area contributed by atoms with Crippen LogP contribution in [0.4, 0.5) is 4.79 Å². The van der Waals surface area contributed by atoms with Crippen molar-refractivity contribution in [3.05, 3.63) is 119 Å². The van der Waals surface area contributed by atoms with Gasteiger partial charge in [-0.3, -0.25) is 14.9 Å². The van der Waals surface area contributed by atoms with Gasteiger partial charge in [-0.25, -0.2) is 19.7 Å². The van der Waals surface area contributed by atoms with Gasteiger partial charge in [0.25, 0.3) is 5.24 Å². The van der Waals surface area contributed by atoms with Crippen molar-refractivity contribution in [2.45, 2.75) is 62.3 Å². The molecule has 1 atom stereocenters. The standard InChI is InChI=1S/C42H40N10O5S2/c1-4-8-34-44-32(37(41(54)56-5-2)52(34)22-26-11-15-27(16-12-26)29-9-6-7-10-30(29)38-47-49-50-48-38)24-58-36-20-19-31-39(45-36)51(3)35(43-31)23-57-28-17-13-25(14-18-28)21-33-40(53)46-42(55)59-33/h6-7,9-20,33H,4-5,8,21-24H2,1-3H3,(H,46,53,55)(H,47,48,49,50). The number of imidazole rings is 2. The number of aromatic amines is 1. The van der Waals surface area contributed by atoms with Gasteiger partial charge in [0.2, 0.25) is 11.7 Å². The Bertz CT molecular complexity index is 2630. The van der Waals surface area contributed by atoms with Gasteiger partial charge in [-0.05, 0) is 71.5 Å². The van der Waals surface area contributed by atoms with Crippen molar-refractivity contribution in [1.29, 1.82) is 0 Å². The van der Waals surface area contributed by atoms with Crippen LogP contribution in [0.1, 0.15) is 59.2 Å². The first-order chi connectivity index (χ1) is 28.8. The van der Waals surface area contributed by atoms with E-state index in [1.165, 1.54) is 11.8 Å². The first-order valence-corrected chi connectivity index (χ1v) is 21.0. The van der Waals surface area contributed by atoms with Gasteiger partial charge in [-0.15, -0.1) is 10.2 Å². The van der Waals surface area contributed by atoms with Crippen LogP contribution >= 0.6 is 23.5 Å². The number of aromatic nitrogens is 9. The molecule has 1 saturated heterocycles. The fourth-order valence-corrected chi connectivity index (χ4v) is 8.56. The van der Waals surface area contributed by atoms with E-state index in [1.54, 1.807) is 6.92 Å². The van der Waals surface area contributed by atoms with Crippen molar-refractivity contribution in [3.63, 3.8) is 0 Å². The van der Waals surface area contributed by atoms with E-state index in [9.17, 15) is 14.4 Å². The van der Waals surface area contributed by atoms with E-state index >= 15 is 0 Å².